The molecule has 0 unspecified atom stereocenters. The molecule has 0 N–H and O–H groups in total. The highest BCUT2D eigenvalue weighted by Gasteiger charge is 2.20. The van der Waals surface area contributed by atoms with E-state index < -0.39 is 0 Å². The second kappa shape index (κ2) is 7.90. The minimum absolute atomic E-state index is 0.192. The van der Waals surface area contributed by atoms with E-state index in [1.807, 2.05) is 23.0 Å². The Morgan fingerprint density at radius 1 is 1.25 bits per heavy atom. The van der Waals surface area contributed by atoms with Crippen molar-refractivity contribution >= 4 is 0 Å². The Kier molecular flexibility index (Phi) is 5.63. The first-order valence-corrected chi connectivity index (χ1v) is 8.71. The third kappa shape index (κ3) is 4.65. The minimum atomic E-state index is -0.192. The van der Waals surface area contributed by atoms with Crippen molar-refractivity contribution in [3.8, 4) is 0 Å². The van der Waals surface area contributed by atoms with E-state index in [2.05, 4.69) is 30.0 Å². The summed E-state index contributed by atoms with van der Waals surface area (Å²) in [5.41, 5.74) is 2.31. The Morgan fingerprint density at radius 2 is 2.00 bits per heavy atom. The standard InChI is InChI=1S/C19H26FN3O/c1-15(2)23-13-17(10-21-23)12-22(14-19-4-3-9-24-19)11-16-5-7-18(20)8-6-16/h5-8,10,13,15,19H,3-4,9,11-12,14H2,1-2H3/t19-/m1/s1. The quantitative estimate of drug-likeness (QED) is 0.773. The minimum Gasteiger partial charge on any atom is -0.377 e. The largest absolute Gasteiger partial charge is 0.377 e. The molecule has 0 saturated carbocycles. The average Bonchev–Trinajstić information content (AvgIpc) is 3.21. The highest BCUT2D eigenvalue weighted by atomic mass is 19.1. The summed E-state index contributed by atoms with van der Waals surface area (Å²) in [6.45, 7) is 7.61. The normalized spacial score (nSPS) is 18.0. The van der Waals surface area contributed by atoms with E-state index in [-0.39, 0.29) is 5.82 Å². The average molecular weight is 331 g/mol. The number of ether oxygens (including phenoxy) is 1. The van der Waals surface area contributed by atoms with Gasteiger partial charge in [0.1, 0.15) is 5.82 Å². The van der Waals surface area contributed by atoms with Crippen molar-refractivity contribution in [2.45, 2.75) is 51.9 Å². The summed E-state index contributed by atoms with van der Waals surface area (Å²) in [4.78, 5) is 2.37. The van der Waals surface area contributed by atoms with Crippen LogP contribution in [0.2, 0.25) is 0 Å². The summed E-state index contributed by atoms with van der Waals surface area (Å²) < 4.78 is 20.9. The maximum atomic E-state index is 13.1. The molecule has 1 aliphatic rings. The number of halogens is 1. The highest BCUT2D eigenvalue weighted by molar-refractivity contribution is 5.16. The number of benzene rings is 1. The fourth-order valence-corrected chi connectivity index (χ4v) is 3.11. The topological polar surface area (TPSA) is 30.3 Å². The SMILES string of the molecule is CC(C)n1cc(CN(Cc2ccc(F)cc2)C[C@H]2CCCO2)cn1. The van der Waals surface area contributed by atoms with Crippen LogP contribution in [0.15, 0.2) is 36.7 Å². The van der Waals surface area contributed by atoms with E-state index in [1.165, 1.54) is 17.7 Å². The zero-order valence-electron chi connectivity index (χ0n) is 14.5. The Balaban J connectivity index is 1.69. The van der Waals surface area contributed by atoms with Gasteiger partial charge in [-0.2, -0.15) is 5.10 Å². The van der Waals surface area contributed by atoms with Crippen molar-refractivity contribution in [1.29, 1.82) is 0 Å². The van der Waals surface area contributed by atoms with E-state index in [0.29, 0.717) is 12.1 Å². The number of hydrogen-bond donors (Lipinski definition) is 0. The van der Waals surface area contributed by atoms with E-state index >= 15 is 0 Å². The third-order valence-corrected chi connectivity index (χ3v) is 4.40. The molecule has 0 radical (unpaired) electrons. The summed E-state index contributed by atoms with van der Waals surface area (Å²) >= 11 is 0. The Bertz CT molecular complexity index is 632. The number of aromatic nitrogens is 2. The fraction of sp³-hybridized carbons (Fsp3) is 0.526. The maximum absolute atomic E-state index is 13.1. The van der Waals surface area contributed by atoms with Crippen molar-refractivity contribution in [2.24, 2.45) is 0 Å². The molecule has 130 valence electrons. The lowest BCUT2D eigenvalue weighted by Crippen LogP contribution is -2.31. The van der Waals surface area contributed by atoms with Crippen LogP contribution in [0.5, 0.6) is 0 Å². The number of nitrogens with zero attached hydrogens (tertiary/aromatic N) is 3. The van der Waals surface area contributed by atoms with Crippen LogP contribution >= 0.6 is 0 Å². The molecule has 2 heterocycles. The maximum Gasteiger partial charge on any atom is 0.123 e. The molecule has 3 rings (SSSR count). The molecule has 2 aromatic rings. The summed E-state index contributed by atoms with van der Waals surface area (Å²) in [6, 6.07) is 7.12. The van der Waals surface area contributed by atoms with Crippen LogP contribution in [0.3, 0.4) is 0 Å². The predicted molar refractivity (Wildman–Crippen MR) is 92.1 cm³/mol. The Labute approximate surface area is 143 Å². The molecular weight excluding hydrogens is 305 g/mol. The summed E-state index contributed by atoms with van der Waals surface area (Å²) in [5.74, 6) is -0.192. The van der Waals surface area contributed by atoms with E-state index in [1.54, 1.807) is 0 Å². The first kappa shape index (κ1) is 17.1. The molecule has 0 bridgehead atoms. The van der Waals surface area contributed by atoms with Crippen molar-refractivity contribution in [2.75, 3.05) is 13.2 Å². The second-order valence-electron chi connectivity index (χ2n) is 6.85. The Hall–Kier alpha value is -1.72. The van der Waals surface area contributed by atoms with Crippen molar-refractivity contribution in [1.82, 2.24) is 14.7 Å². The zero-order valence-corrected chi connectivity index (χ0v) is 14.5. The third-order valence-electron chi connectivity index (χ3n) is 4.40. The summed E-state index contributed by atoms with van der Waals surface area (Å²) in [7, 11) is 0. The van der Waals surface area contributed by atoms with Gasteiger partial charge >= 0.3 is 0 Å². The molecule has 1 atom stereocenters. The predicted octanol–water partition coefficient (Wildman–Crippen LogP) is 3.78. The van der Waals surface area contributed by atoms with Gasteiger partial charge in [-0.05, 0) is 44.4 Å². The monoisotopic (exact) mass is 331 g/mol. The molecule has 1 fully saturated rings. The van der Waals surface area contributed by atoms with Gasteiger partial charge in [-0.15, -0.1) is 0 Å². The molecule has 1 aromatic carbocycles. The highest BCUT2D eigenvalue weighted by Crippen LogP contribution is 2.18. The number of hydrogen-bond acceptors (Lipinski definition) is 3. The lowest BCUT2D eigenvalue weighted by Gasteiger charge is -2.25. The van der Waals surface area contributed by atoms with Crippen LogP contribution in [0.4, 0.5) is 4.39 Å². The summed E-state index contributed by atoms with van der Waals surface area (Å²) in [6.07, 6.45) is 6.60. The zero-order chi connectivity index (χ0) is 16.9. The molecule has 1 saturated heterocycles. The van der Waals surface area contributed by atoms with Crippen LogP contribution in [0, 0.1) is 5.82 Å². The van der Waals surface area contributed by atoms with Crippen molar-refractivity contribution in [3.05, 3.63) is 53.6 Å². The van der Waals surface area contributed by atoms with Crippen molar-refractivity contribution < 1.29 is 9.13 Å². The van der Waals surface area contributed by atoms with Crippen LogP contribution in [0.25, 0.3) is 0 Å². The van der Waals surface area contributed by atoms with Gasteiger partial charge in [-0.3, -0.25) is 9.58 Å². The van der Waals surface area contributed by atoms with Gasteiger partial charge in [0.25, 0.3) is 0 Å². The molecule has 1 aromatic heterocycles. The van der Waals surface area contributed by atoms with Crippen LogP contribution in [-0.4, -0.2) is 33.9 Å². The molecule has 0 spiro atoms. The smallest absolute Gasteiger partial charge is 0.123 e. The molecule has 5 heteroatoms. The molecule has 0 aliphatic carbocycles. The van der Waals surface area contributed by atoms with Gasteiger partial charge in [0.2, 0.25) is 0 Å². The first-order chi connectivity index (χ1) is 11.6. The fourth-order valence-electron chi connectivity index (χ4n) is 3.11. The summed E-state index contributed by atoms with van der Waals surface area (Å²) in [5, 5.41) is 4.43. The molecule has 4 nitrogen and oxygen atoms in total. The van der Waals surface area contributed by atoms with Crippen molar-refractivity contribution in [3.63, 3.8) is 0 Å². The van der Waals surface area contributed by atoms with E-state index in [4.69, 9.17) is 4.74 Å². The van der Waals surface area contributed by atoms with E-state index in [9.17, 15) is 4.39 Å². The van der Waals surface area contributed by atoms with Gasteiger partial charge in [-0.25, -0.2) is 4.39 Å². The van der Waals surface area contributed by atoms with Crippen LogP contribution in [0.1, 0.15) is 43.9 Å². The Morgan fingerprint density at radius 3 is 2.62 bits per heavy atom. The molecule has 1 aliphatic heterocycles. The van der Waals surface area contributed by atoms with Gasteiger partial charge in [-0.1, -0.05) is 12.1 Å². The molecule has 0 amide bonds. The van der Waals surface area contributed by atoms with E-state index in [0.717, 1.165) is 44.6 Å². The molecular formula is C19H26FN3O. The second-order valence-corrected chi connectivity index (χ2v) is 6.85. The number of rotatable bonds is 7. The first-order valence-electron chi connectivity index (χ1n) is 8.71. The van der Waals surface area contributed by atoms with Gasteiger partial charge < -0.3 is 4.74 Å². The van der Waals surface area contributed by atoms with Crippen LogP contribution < -0.4 is 0 Å². The van der Waals surface area contributed by atoms with Gasteiger partial charge in [0.05, 0.1) is 12.3 Å². The molecule has 24 heavy (non-hydrogen) atoms. The lowest BCUT2D eigenvalue weighted by molar-refractivity contribution is 0.0679. The lowest BCUT2D eigenvalue weighted by atomic mass is 10.1. The van der Waals surface area contributed by atoms with Crippen LogP contribution in [-0.2, 0) is 17.8 Å². The van der Waals surface area contributed by atoms with Gasteiger partial charge in [0, 0.05) is 44.0 Å². The van der Waals surface area contributed by atoms with Gasteiger partial charge in [0.15, 0.2) is 0 Å².